The molecule has 18 heteroatoms. The fourth-order valence-corrected chi connectivity index (χ4v) is 8.94. The number of ether oxygens (including phenoxy) is 3. The van der Waals surface area contributed by atoms with Crippen LogP contribution in [0.15, 0.2) is 78.9 Å². The van der Waals surface area contributed by atoms with Gasteiger partial charge in [-0.05, 0) is 53.1 Å². The van der Waals surface area contributed by atoms with E-state index in [1.54, 1.807) is 0 Å². The molecule has 6 aromatic carbocycles. The molecule has 0 saturated heterocycles. The Morgan fingerprint density at radius 1 is 0.365 bits per heavy atom. The Labute approximate surface area is 354 Å². The van der Waals surface area contributed by atoms with Crippen molar-refractivity contribution >= 4 is 0 Å². The molecule has 18 nitrogen and oxygen atoms in total. The van der Waals surface area contributed by atoms with E-state index in [0.717, 1.165) is 60.7 Å². The minimum Gasteiger partial charge on any atom is -0.508 e. The second-order valence-corrected chi connectivity index (χ2v) is 15.7. The summed E-state index contributed by atoms with van der Waals surface area (Å²) in [6.45, 7) is 0. The number of phenolic OH excluding ortho intramolecular Hbond substituents is 12. The molecule has 3 heterocycles. The van der Waals surface area contributed by atoms with E-state index in [9.17, 15) is 76.6 Å². The minimum atomic E-state index is -1.90. The Morgan fingerprint density at radius 2 is 0.778 bits per heavy atom. The topological polar surface area (TPSA) is 331 Å². The summed E-state index contributed by atoms with van der Waals surface area (Å²) < 4.78 is 18.9. The van der Waals surface area contributed by atoms with Crippen LogP contribution in [0.5, 0.6) is 86.2 Å². The molecule has 0 radical (unpaired) electrons. The third-order valence-corrected chi connectivity index (χ3v) is 11.8. The van der Waals surface area contributed by atoms with Gasteiger partial charge < -0.3 is 90.8 Å². The number of aliphatic hydroxyl groups is 3. The number of hydrogen-bond donors (Lipinski definition) is 15. The van der Waals surface area contributed by atoms with Gasteiger partial charge in [-0.1, -0.05) is 18.2 Å². The summed E-state index contributed by atoms with van der Waals surface area (Å²) >= 11 is 0. The maximum atomic E-state index is 12.5. The lowest BCUT2D eigenvalue weighted by molar-refractivity contribution is -0.00562. The Kier molecular flexibility index (Phi) is 9.46. The molecule has 0 aromatic heterocycles. The van der Waals surface area contributed by atoms with E-state index in [2.05, 4.69) is 0 Å². The highest BCUT2D eigenvalue weighted by molar-refractivity contribution is 5.70. The van der Waals surface area contributed by atoms with Gasteiger partial charge in [-0.15, -0.1) is 0 Å². The van der Waals surface area contributed by atoms with Crippen molar-refractivity contribution in [2.45, 2.75) is 54.9 Å². The molecule has 326 valence electrons. The Morgan fingerprint density at radius 3 is 1.29 bits per heavy atom. The van der Waals surface area contributed by atoms with Gasteiger partial charge in [0, 0.05) is 58.5 Å². The van der Waals surface area contributed by atoms with Crippen molar-refractivity contribution in [2.24, 2.45) is 0 Å². The number of fused-ring (bicyclic) bond motifs is 3. The normalized spacial score (nSPS) is 23.6. The van der Waals surface area contributed by atoms with Crippen LogP contribution in [0.1, 0.15) is 74.7 Å². The van der Waals surface area contributed by atoms with Gasteiger partial charge in [-0.25, -0.2) is 0 Å². The summed E-state index contributed by atoms with van der Waals surface area (Å²) in [6, 6.07) is 14.4. The maximum Gasteiger partial charge on any atom is 0.157 e. The van der Waals surface area contributed by atoms with Crippen molar-refractivity contribution in [3.05, 3.63) is 123 Å². The summed E-state index contributed by atoms with van der Waals surface area (Å²) in [6.07, 6.45) is -9.93. The lowest BCUT2D eigenvalue weighted by Gasteiger charge is -2.43. The number of aromatic hydroxyl groups is 12. The fraction of sp³-hybridized carbons (Fsp3) is 0.200. The van der Waals surface area contributed by atoms with E-state index in [1.807, 2.05) is 0 Å². The molecule has 0 spiro atoms. The van der Waals surface area contributed by atoms with Crippen LogP contribution in [-0.2, 0) is 6.42 Å². The van der Waals surface area contributed by atoms with Gasteiger partial charge in [0.05, 0.1) is 17.9 Å². The Balaban J connectivity index is 1.31. The molecule has 0 fully saturated rings. The van der Waals surface area contributed by atoms with Gasteiger partial charge >= 0.3 is 0 Å². The van der Waals surface area contributed by atoms with E-state index >= 15 is 0 Å². The van der Waals surface area contributed by atoms with Crippen molar-refractivity contribution in [3.8, 4) is 86.2 Å². The minimum absolute atomic E-state index is 0.0127. The van der Waals surface area contributed by atoms with Crippen LogP contribution in [-0.4, -0.2) is 94.9 Å². The first kappa shape index (κ1) is 40.6. The summed E-state index contributed by atoms with van der Waals surface area (Å²) in [5, 5.41) is 166. The molecule has 0 amide bonds. The summed E-state index contributed by atoms with van der Waals surface area (Å²) in [4.78, 5) is 0. The predicted octanol–water partition coefficient (Wildman–Crippen LogP) is 4.44. The molecule has 0 saturated carbocycles. The number of benzene rings is 6. The van der Waals surface area contributed by atoms with Crippen LogP contribution in [0.4, 0.5) is 0 Å². The largest absolute Gasteiger partial charge is 0.508 e. The van der Waals surface area contributed by atoms with Crippen molar-refractivity contribution in [2.75, 3.05) is 0 Å². The van der Waals surface area contributed by atoms with E-state index in [-0.39, 0.29) is 62.4 Å². The third-order valence-electron chi connectivity index (χ3n) is 11.8. The van der Waals surface area contributed by atoms with Crippen LogP contribution in [0.2, 0.25) is 0 Å². The van der Waals surface area contributed by atoms with E-state index in [4.69, 9.17) is 14.2 Å². The molecule has 3 aliphatic rings. The fourth-order valence-electron chi connectivity index (χ4n) is 8.94. The molecule has 0 aliphatic carbocycles. The standard InChI is InChI=1S/C45H38O18/c46-18-10-27(54)33-32(11-18)61-42(16-2-5-21(48)25(52)8-16)39(59)37(33)35-29(56)14-30(57)36-38(40(60)43(63-45(35)36)17-3-6-22(49)26(53)9-17)34-28(55)13-23(50)19-12-31(58)41(62-44(19)34)15-1-4-20(47)24(51)7-15/h1-11,13-14,31,37-43,46-60H,12H2/t31-,37-,38+,39-,40-,41-,42-,43-/m1/s1. The van der Waals surface area contributed by atoms with Crippen LogP contribution >= 0.6 is 0 Å². The van der Waals surface area contributed by atoms with Crippen molar-refractivity contribution in [1.82, 2.24) is 0 Å². The molecule has 9 rings (SSSR count). The quantitative estimate of drug-likeness (QED) is 0.106. The highest BCUT2D eigenvalue weighted by Crippen LogP contribution is 2.62. The van der Waals surface area contributed by atoms with E-state index < -0.39 is 123 Å². The van der Waals surface area contributed by atoms with Crippen LogP contribution in [0.3, 0.4) is 0 Å². The van der Waals surface area contributed by atoms with Crippen LogP contribution in [0, 0.1) is 0 Å². The lowest BCUT2D eigenvalue weighted by Crippen LogP contribution is -2.39. The molecule has 0 bridgehead atoms. The number of rotatable bonds is 5. The second kappa shape index (κ2) is 14.7. The first-order valence-corrected chi connectivity index (χ1v) is 19.3. The lowest BCUT2D eigenvalue weighted by atomic mass is 9.73. The molecule has 8 atom stereocenters. The SMILES string of the molecule is Oc1cc(O)c2c(c1)O[C@H](c1ccc(O)c(O)c1)[C@H](O)[C@H]2c1c(O)cc(O)c2c1O[C@H](c1ccc(O)c(O)c1)[C@H](O)[C@H]2c1c(O)cc(O)c2c1O[C@H](c1ccc(O)c(O)c1)[C@H](O)C2. The van der Waals surface area contributed by atoms with E-state index in [1.165, 1.54) is 18.2 Å². The monoisotopic (exact) mass is 866 g/mol. The zero-order chi connectivity index (χ0) is 44.9. The summed E-state index contributed by atoms with van der Waals surface area (Å²) in [5.41, 5.74) is -1.10. The van der Waals surface area contributed by atoms with Gasteiger partial charge in [0.2, 0.25) is 0 Å². The van der Waals surface area contributed by atoms with Gasteiger partial charge in [-0.2, -0.15) is 0 Å². The summed E-state index contributed by atoms with van der Waals surface area (Å²) in [5.74, 6) is -11.5. The third kappa shape index (κ3) is 6.46. The van der Waals surface area contributed by atoms with Gasteiger partial charge in [0.15, 0.2) is 46.7 Å². The van der Waals surface area contributed by atoms with E-state index in [0.29, 0.717) is 0 Å². The van der Waals surface area contributed by atoms with Crippen molar-refractivity contribution < 1.29 is 90.8 Å². The molecule has 15 N–H and O–H groups in total. The van der Waals surface area contributed by atoms with Crippen LogP contribution < -0.4 is 14.2 Å². The molecule has 0 unspecified atom stereocenters. The maximum absolute atomic E-state index is 12.5. The molecule has 63 heavy (non-hydrogen) atoms. The highest BCUT2D eigenvalue weighted by Gasteiger charge is 2.51. The molecule has 6 aromatic rings. The van der Waals surface area contributed by atoms with Crippen molar-refractivity contribution in [3.63, 3.8) is 0 Å². The average molecular weight is 867 g/mol. The first-order valence-electron chi connectivity index (χ1n) is 19.3. The first-order chi connectivity index (χ1) is 29.9. The zero-order valence-corrected chi connectivity index (χ0v) is 32.3. The Hall–Kier alpha value is -7.80. The number of phenols is 12. The molecule has 3 aliphatic heterocycles. The smallest absolute Gasteiger partial charge is 0.157 e. The molecular weight excluding hydrogens is 828 g/mol. The van der Waals surface area contributed by atoms with Gasteiger partial charge in [0.25, 0.3) is 0 Å². The average Bonchev–Trinajstić information content (AvgIpc) is 3.22. The van der Waals surface area contributed by atoms with Gasteiger partial charge in [0.1, 0.15) is 70.1 Å². The van der Waals surface area contributed by atoms with Crippen molar-refractivity contribution in [1.29, 1.82) is 0 Å². The summed E-state index contributed by atoms with van der Waals surface area (Å²) in [7, 11) is 0. The Bertz CT molecular complexity index is 2840. The van der Waals surface area contributed by atoms with Gasteiger partial charge in [-0.3, -0.25) is 0 Å². The predicted molar refractivity (Wildman–Crippen MR) is 214 cm³/mol. The second-order valence-electron chi connectivity index (χ2n) is 15.7. The van der Waals surface area contributed by atoms with Crippen LogP contribution in [0.25, 0.3) is 0 Å². The number of hydrogen-bond acceptors (Lipinski definition) is 18. The molecular formula is C45H38O18. The highest BCUT2D eigenvalue weighted by atomic mass is 16.5. The number of aliphatic hydroxyl groups excluding tert-OH is 3. The zero-order valence-electron chi connectivity index (χ0n) is 32.3.